The molecule has 6 heteroatoms. The van der Waals surface area contributed by atoms with Crippen molar-refractivity contribution in [2.45, 2.75) is 32.2 Å². The fourth-order valence-electron chi connectivity index (χ4n) is 3.05. The molecule has 0 spiro atoms. The van der Waals surface area contributed by atoms with E-state index in [0.717, 1.165) is 25.0 Å². The van der Waals surface area contributed by atoms with E-state index in [9.17, 15) is 4.79 Å². The van der Waals surface area contributed by atoms with Crippen LogP contribution in [0, 0.1) is 0 Å². The van der Waals surface area contributed by atoms with Crippen molar-refractivity contribution in [2.75, 3.05) is 13.7 Å². The molecule has 0 fully saturated rings. The second kappa shape index (κ2) is 6.73. The molecular weight excluding hydrogens is 292 g/mol. The van der Waals surface area contributed by atoms with E-state index < -0.39 is 0 Å². The van der Waals surface area contributed by atoms with E-state index in [1.807, 2.05) is 17.9 Å². The number of amides is 1. The molecule has 23 heavy (non-hydrogen) atoms. The van der Waals surface area contributed by atoms with E-state index >= 15 is 0 Å². The maximum absolute atomic E-state index is 12.8. The average Bonchev–Trinajstić information content (AvgIpc) is 2.62. The SMILES string of the molecule is CCN(C(=O)c1ncc(OC)cn1)C1CCCc2cccnc21. The van der Waals surface area contributed by atoms with Gasteiger partial charge in [-0.15, -0.1) is 0 Å². The molecule has 2 aromatic rings. The highest BCUT2D eigenvalue weighted by Crippen LogP contribution is 2.33. The minimum absolute atomic E-state index is 0.0110. The molecule has 0 aliphatic heterocycles. The number of carbonyl (C=O) groups is 1. The standard InChI is InChI=1S/C17H20N4O2/c1-3-21(17(22)16-19-10-13(23-2)11-20-16)14-8-4-6-12-7-5-9-18-15(12)14/h5,7,9-11,14H,3-4,6,8H2,1-2H3. The Balaban J connectivity index is 1.89. The third-order valence-electron chi connectivity index (χ3n) is 4.20. The number of rotatable bonds is 4. The maximum atomic E-state index is 12.8. The Kier molecular flexibility index (Phi) is 4.50. The van der Waals surface area contributed by atoms with Gasteiger partial charge in [-0.25, -0.2) is 9.97 Å². The summed E-state index contributed by atoms with van der Waals surface area (Å²) in [5.74, 6) is 0.559. The highest BCUT2D eigenvalue weighted by molar-refractivity contribution is 5.90. The van der Waals surface area contributed by atoms with Crippen LogP contribution < -0.4 is 4.74 Å². The van der Waals surface area contributed by atoms with Crippen LogP contribution in [0.1, 0.15) is 47.7 Å². The highest BCUT2D eigenvalue weighted by Gasteiger charge is 2.31. The second-order valence-electron chi connectivity index (χ2n) is 5.49. The number of carbonyl (C=O) groups excluding carboxylic acids is 1. The predicted octanol–water partition coefficient (Wildman–Crippen LogP) is 2.42. The van der Waals surface area contributed by atoms with E-state index in [4.69, 9.17) is 4.74 Å². The molecule has 1 aliphatic rings. The lowest BCUT2D eigenvalue weighted by molar-refractivity contribution is 0.0652. The van der Waals surface area contributed by atoms with Gasteiger partial charge in [0.15, 0.2) is 5.75 Å². The van der Waals surface area contributed by atoms with Crippen LogP contribution >= 0.6 is 0 Å². The van der Waals surface area contributed by atoms with Gasteiger partial charge in [-0.3, -0.25) is 9.78 Å². The van der Waals surface area contributed by atoms with E-state index in [-0.39, 0.29) is 17.8 Å². The number of fused-ring (bicyclic) bond motifs is 1. The molecule has 0 aromatic carbocycles. The van der Waals surface area contributed by atoms with Gasteiger partial charge in [-0.1, -0.05) is 6.07 Å². The maximum Gasteiger partial charge on any atom is 0.292 e. The fraction of sp³-hybridized carbons (Fsp3) is 0.412. The predicted molar refractivity (Wildman–Crippen MR) is 85.2 cm³/mol. The summed E-state index contributed by atoms with van der Waals surface area (Å²) < 4.78 is 5.04. The lowest BCUT2D eigenvalue weighted by Gasteiger charge is -2.33. The largest absolute Gasteiger partial charge is 0.494 e. The molecule has 2 heterocycles. The molecule has 0 radical (unpaired) electrons. The summed E-state index contributed by atoms with van der Waals surface area (Å²) in [6.07, 6.45) is 7.81. The Morgan fingerprint density at radius 1 is 1.35 bits per heavy atom. The molecule has 6 nitrogen and oxygen atoms in total. The van der Waals surface area contributed by atoms with Crippen LogP contribution in [0.2, 0.25) is 0 Å². The van der Waals surface area contributed by atoms with Crippen molar-refractivity contribution in [1.29, 1.82) is 0 Å². The molecule has 1 atom stereocenters. The second-order valence-corrected chi connectivity index (χ2v) is 5.49. The average molecular weight is 312 g/mol. The number of nitrogens with zero attached hydrogens (tertiary/aromatic N) is 4. The Morgan fingerprint density at radius 2 is 2.13 bits per heavy atom. The normalized spacial score (nSPS) is 16.5. The number of pyridine rings is 1. The number of hydrogen-bond acceptors (Lipinski definition) is 5. The third-order valence-corrected chi connectivity index (χ3v) is 4.20. The summed E-state index contributed by atoms with van der Waals surface area (Å²) in [5.41, 5.74) is 2.23. The van der Waals surface area contributed by atoms with E-state index in [1.54, 1.807) is 13.3 Å². The van der Waals surface area contributed by atoms with Crippen molar-refractivity contribution in [3.63, 3.8) is 0 Å². The van der Waals surface area contributed by atoms with Crippen LogP contribution in [0.3, 0.4) is 0 Å². The Bertz CT molecular complexity index is 687. The minimum atomic E-state index is -0.168. The number of hydrogen-bond donors (Lipinski definition) is 0. The Labute approximate surface area is 135 Å². The minimum Gasteiger partial charge on any atom is -0.494 e. The summed E-state index contributed by atoms with van der Waals surface area (Å²) in [6.45, 7) is 2.56. The lowest BCUT2D eigenvalue weighted by atomic mass is 9.90. The van der Waals surface area contributed by atoms with Crippen molar-refractivity contribution < 1.29 is 9.53 Å². The third kappa shape index (κ3) is 3.02. The topological polar surface area (TPSA) is 68.2 Å². The fourth-order valence-corrected chi connectivity index (χ4v) is 3.05. The van der Waals surface area contributed by atoms with E-state index in [0.29, 0.717) is 12.3 Å². The zero-order valence-electron chi connectivity index (χ0n) is 13.4. The van der Waals surface area contributed by atoms with Gasteiger partial charge in [-0.2, -0.15) is 0 Å². The molecule has 0 saturated heterocycles. The van der Waals surface area contributed by atoms with Crippen LogP contribution in [-0.2, 0) is 6.42 Å². The van der Waals surface area contributed by atoms with Gasteiger partial charge in [0.05, 0.1) is 31.2 Å². The van der Waals surface area contributed by atoms with Crippen molar-refractivity contribution >= 4 is 5.91 Å². The molecule has 3 rings (SSSR count). The van der Waals surface area contributed by atoms with E-state index in [1.165, 1.54) is 18.0 Å². The van der Waals surface area contributed by atoms with Crippen LogP contribution in [0.5, 0.6) is 5.75 Å². The van der Waals surface area contributed by atoms with Gasteiger partial charge in [0.25, 0.3) is 5.91 Å². The van der Waals surface area contributed by atoms with Crippen LogP contribution in [0.4, 0.5) is 0 Å². The molecule has 1 amide bonds. The molecular formula is C17H20N4O2. The molecule has 0 N–H and O–H groups in total. The first-order chi connectivity index (χ1) is 11.2. The zero-order valence-corrected chi connectivity index (χ0v) is 13.4. The number of aromatic nitrogens is 3. The van der Waals surface area contributed by atoms with Crippen LogP contribution in [-0.4, -0.2) is 39.4 Å². The summed E-state index contributed by atoms with van der Waals surface area (Å²) >= 11 is 0. The van der Waals surface area contributed by atoms with Gasteiger partial charge < -0.3 is 9.64 Å². The lowest BCUT2D eigenvalue weighted by Crippen LogP contribution is -2.37. The van der Waals surface area contributed by atoms with Crippen molar-refractivity contribution in [3.05, 3.63) is 47.8 Å². The number of aryl methyl sites for hydroxylation is 1. The number of methoxy groups -OCH3 is 1. The van der Waals surface area contributed by atoms with Gasteiger partial charge in [-0.05, 0) is 37.8 Å². The quantitative estimate of drug-likeness (QED) is 0.867. The first-order valence-electron chi connectivity index (χ1n) is 7.85. The first kappa shape index (κ1) is 15.4. The first-order valence-corrected chi connectivity index (χ1v) is 7.85. The molecule has 0 saturated carbocycles. The monoisotopic (exact) mass is 312 g/mol. The number of ether oxygens (including phenoxy) is 1. The molecule has 1 aliphatic carbocycles. The summed E-state index contributed by atoms with van der Waals surface area (Å²) in [4.78, 5) is 27.4. The smallest absolute Gasteiger partial charge is 0.292 e. The molecule has 120 valence electrons. The summed E-state index contributed by atoms with van der Waals surface area (Å²) in [7, 11) is 1.54. The van der Waals surface area contributed by atoms with Gasteiger partial charge >= 0.3 is 0 Å². The van der Waals surface area contributed by atoms with Crippen LogP contribution in [0.25, 0.3) is 0 Å². The summed E-state index contributed by atoms with van der Waals surface area (Å²) in [6, 6.07) is 4.03. The highest BCUT2D eigenvalue weighted by atomic mass is 16.5. The molecule has 0 bridgehead atoms. The van der Waals surface area contributed by atoms with Gasteiger partial charge in [0.1, 0.15) is 0 Å². The van der Waals surface area contributed by atoms with Crippen molar-refractivity contribution in [3.8, 4) is 5.75 Å². The van der Waals surface area contributed by atoms with Crippen LogP contribution in [0.15, 0.2) is 30.7 Å². The molecule has 1 unspecified atom stereocenters. The van der Waals surface area contributed by atoms with E-state index in [2.05, 4.69) is 21.0 Å². The summed E-state index contributed by atoms with van der Waals surface area (Å²) in [5, 5.41) is 0. The zero-order chi connectivity index (χ0) is 16.2. The van der Waals surface area contributed by atoms with Gasteiger partial charge in [0.2, 0.25) is 5.82 Å². The Hall–Kier alpha value is -2.50. The van der Waals surface area contributed by atoms with Crippen molar-refractivity contribution in [1.82, 2.24) is 19.9 Å². The van der Waals surface area contributed by atoms with Gasteiger partial charge in [0, 0.05) is 12.7 Å². The molecule has 2 aromatic heterocycles. The Morgan fingerprint density at radius 3 is 2.83 bits per heavy atom. The van der Waals surface area contributed by atoms with Crippen molar-refractivity contribution in [2.24, 2.45) is 0 Å².